The highest BCUT2D eigenvalue weighted by molar-refractivity contribution is 5.85. The van der Waals surface area contributed by atoms with Gasteiger partial charge in [0.2, 0.25) is 0 Å². The second kappa shape index (κ2) is 9.04. The number of carbonyl (C=O) groups is 1. The quantitative estimate of drug-likeness (QED) is 0.828. The van der Waals surface area contributed by atoms with E-state index in [9.17, 15) is 4.79 Å². The van der Waals surface area contributed by atoms with Gasteiger partial charge in [0.1, 0.15) is 11.8 Å². The van der Waals surface area contributed by atoms with Crippen molar-refractivity contribution in [3.8, 4) is 0 Å². The van der Waals surface area contributed by atoms with Gasteiger partial charge in [-0.05, 0) is 49.3 Å². The summed E-state index contributed by atoms with van der Waals surface area (Å²) in [6.45, 7) is 2.09. The smallest absolute Gasteiger partial charge is 0.251 e. The number of likely N-dealkylation sites (tertiary alicyclic amines) is 1. The molecule has 0 aromatic carbocycles. The van der Waals surface area contributed by atoms with Gasteiger partial charge < -0.3 is 20.4 Å². The van der Waals surface area contributed by atoms with Crippen molar-refractivity contribution in [1.29, 1.82) is 0 Å². The molecule has 3 N–H and O–H groups in total. The number of rotatable bonds is 3. The Bertz CT molecular complexity index is 731. The van der Waals surface area contributed by atoms with Crippen molar-refractivity contribution in [2.75, 3.05) is 19.6 Å². The van der Waals surface area contributed by atoms with E-state index in [1.807, 2.05) is 11.0 Å². The number of H-pyrrole nitrogens is 1. The van der Waals surface area contributed by atoms with Gasteiger partial charge in [-0.1, -0.05) is 0 Å². The van der Waals surface area contributed by atoms with Gasteiger partial charge in [-0.3, -0.25) is 4.79 Å². The molecule has 2 aliphatic heterocycles. The summed E-state index contributed by atoms with van der Waals surface area (Å²) in [6.07, 6.45) is 7.32. The van der Waals surface area contributed by atoms with Crippen LogP contribution >= 0.6 is 24.8 Å². The van der Waals surface area contributed by atoms with E-state index in [4.69, 9.17) is 10.5 Å². The number of nitrogens with one attached hydrogen (secondary N) is 1. The zero-order valence-corrected chi connectivity index (χ0v) is 16.2. The van der Waals surface area contributed by atoms with E-state index < -0.39 is 0 Å². The molecule has 0 aliphatic carbocycles. The normalized spacial score (nSPS) is 23.5. The Morgan fingerprint density at radius 3 is 2.73 bits per heavy atom. The number of ether oxygens (including phenoxy) is 1. The van der Waals surface area contributed by atoms with Gasteiger partial charge in [-0.25, -0.2) is 4.98 Å². The van der Waals surface area contributed by atoms with Crippen molar-refractivity contribution in [3.05, 3.63) is 30.1 Å². The molecular weight excluding hydrogens is 375 g/mol. The lowest BCUT2D eigenvalue weighted by molar-refractivity contribution is -0.143. The number of aromatic amines is 1. The van der Waals surface area contributed by atoms with Gasteiger partial charge in [0.15, 0.2) is 0 Å². The van der Waals surface area contributed by atoms with Crippen LogP contribution in [-0.4, -0.2) is 52.6 Å². The number of fused-ring (bicyclic) bond motifs is 1. The highest BCUT2D eigenvalue weighted by Crippen LogP contribution is 2.33. The number of pyridine rings is 1. The van der Waals surface area contributed by atoms with Gasteiger partial charge in [-0.2, -0.15) is 0 Å². The van der Waals surface area contributed by atoms with E-state index in [2.05, 4.69) is 22.2 Å². The molecule has 0 radical (unpaired) electrons. The van der Waals surface area contributed by atoms with Gasteiger partial charge in [-0.15, -0.1) is 24.8 Å². The standard InChI is InChI=1S/C18H24N4O2.2ClH/c19-10-13-3-4-16(24-13)18(23)22-8-5-12(6-9-22)15-11-21-17-14(15)2-1-7-20-17;;/h1-2,7,11-13,16H,3-6,8-10,19H2,(H,20,21);2*1H/t13-,16+;;/m1../s1. The Hall–Kier alpha value is -1.34. The Morgan fingerprint density at radius 2 is 2.04 bits per heavy atom. The zero-order chi connectivity index (χ0) is 16.5. The predicted molar refractivity (Wildman–Crippen MR) is 106 cm³/mol. The molecule has 2 aromatic heterocycles. The molecule has 8 heteroatoms. The van der Waals surface area contributed by atoms with Gasteiger partial charge in [0.25, 0.3) is 5.91 Å². The summed E-state index contributed by atoms with van der Waals surface area (Å²) in [5, 5.41) is 1.20. The van der Waals surface area contributed by atoms with Crippen molar-refractivity contribution in [3.63, 3.8) is 0 Å². The Labute approximate surface area is 165 Å². The fourth-order valence-corrected chi connectivity index (χ4v) is 3.99. The molecule has 2 aliphatic rings. The molecular formula is C18H26Cl2N4O2. The molecule has 1 amide bonds. The second-order valence-corrected chi connectivity index (χ2v) is 6.80. The fraction of sp³-hybridized carbons (Fsp3) is 0.556. The average molecular weight is 401 g/mol. The predicted octanol–water partition coefficient (Wildman–Crippen LogP) is 2.62. The van der Waals surface area contributed by atoms with Gasteiger partial charge in [0.05, 0.1) is 6.10 Å². The van der Waals surface area contributed by atoms with Crippen molar-refractivity contribution in [1.82, 2.24) is 14.9 Å². The topological polar surface area (TPSA) is 84.2 Å². The third-order valence-electron chi connectivity index (χ3n) is 5.38. The highest BCUT2D eigenvalue weighted by atomic mass is 35.5. The molecule has 6 nitrogen and oxygen atoms in total. The van der Waals surface area contributed by atoms with E-state index in [0.717, 1.165) is 44.4 Å². The van der Waals surface area contributed by atoms with Gasteiger partial charge >= 0.3 is 0 Å². The molecule has 2 aromatic rings. The number of aromatic nitrogens is 2. The molecule has 144 valence electrons. The van der Waals surface area contributed by atoms with E-state index in [-0.39, 0.29) is 42.9 Å². The Balaban J connectivity index is 0.00000121. The van der Waals surface area contributed by atoms with Crippen LogP contribution in [0.5, 0.6) is 0 Å². The molecule has 0 unspecified atom stereocenters. The lowest BCUT2D eigenvalue weighted by Crippen LogP contribution is -2.43. The van der Waals surface area contributed by atoms with Crippen LogP contribution < -0.4 is 5.73 Å². The number of hydrogen-bond donors (Lipinski definition) is 2. The maximum absolute atomic E-state index is 12.6. The molecule has 0 bridgehead atoms. The lowest BCUT2D eigenvalue weighted by atomic mass is 9.89. The third kappa shape index (κ3) is 3.98. The van der Waals surface area contributed by atoms with Crippen LogP contribution in [-0.2, 0) is 9.53 Å². The highest BCUT2D eigenvalue weighted by Gasteiger charge is 2.34. The van der Waals surface area contributed by atoms with E-state index in [1.54, 1.807) is 6.20 Å². The summed E-state index contributed by atoms with van der Waals surface area (Å²) in [5.74, 6) is 0.623. The molecule has 26 heavy (non-hydrogen) atoms. The minimum Gasteiger partial charge on any atom is -0.364 e. The van der Waals surface area contributed by atoms with E-state index in [1.165, 1.54) is 10.9 Å². The zero-order valence-electron chi connectivity index (χ0n) is 14.6. The molecule has 2 saturated heterocycles. The molecule has 0 saturated carbocycles. The summed E-state index contributed by atoms with van der Waals surface area (Å²) in [5.41, 5.74) is 7.90. The number of nitrogens with two attached hydrogens (primary N) is 1. The van der Waals surface area contributed by atoms with Crippen molar-refractivity contribution in [2.24, 2.45) is 5.73 Å². The van der Waals surface area contributed by atoms with Crippen LogP contribution in [0.1, 0.15) is 37.2 Å². The maximum Gasteiger partial charge on any atom is 0.251 e. The number of carbonyl (C=O) groups excluding carboxylic acids is 1. The first-order valence-corrected chi connectivity index (χ1v) is 8.82. The number of piperidine rings is 1. The Kier molecular flexibility index (Phi) is 7.29. The third-order valence-corrected chi connectivity index (χ3v) is 5.38. The number of nitrogens with zero attached hydrogens (tertiary/aromatic N) is 2. The lowest BCUT2D eigenvalue weighted by Gasteiger charge is -2.33. The molecule has 2 atom stereocenters. The summed E-state index contributed by atoms with van der Waals surface area (Å²) < 4.78 is 5.75. The van der Waals surface area contributed by atoms with Crippen molar-refractivity contribution in [2.45, 2.75) is 43.8 Å². The minimum atomic E-state index is -0.285. The first-order chi connectivity index (χ1) is 11.8. The van der Waals surface area contributed by atoms with Crippen LogP contribution in [0, 0.1) is 0 Å². The summed E-state index contributed by atoms with van der Waals surface area (Å²) >= 11 is 0. The minimum absolute atomic E-state index is 0. The summed E-state index contributed by atoms with van der Waals surface area (Å²) in [6, 6.07) is 4.09. The SMILES string of the molecule is Cl.Cl.NC[C@H]1CC[C@@H](C(=O)N2CCC(c3c[nH]c4ncccc34)CC2)O1. The van der Waals surface area contributed by atoms with Crippen molar-refractivity contribution < 1.29 is 9.53 Å². The van der Waals surface area contributed by atoms with E-state index in [0.29, 0.717) is 12.5 Å². The largest absolute Gasteiger partial charge is 0.364 e. The van der Waals surface area contributed by atoms with Crippen LogP contribution in [0.3, 0.4) is 0 Å². The van der Waals surface area contributed by atoms with Crippen LogP contribution in [0.4, 0.5) is 0 Å². The fourth-order valence-electron chi connectivity index (χ4n) is 3.99. The number of amides is 1. The van der Waals surface area contributed by atoms with Gasteiger partial charge in [0, 0.05) is 37.4 Å². The number of halogens is 2. The molecule has 4 rings (SSSR count). The molecule has 2 fully saturated rings. The van der Waals surface area contributed by atoms with E-state index >= 15 is 0 Å². The average Bonchev–Trinajstić information content (AvgIpc) is 3.28. The molecule has 0 spiro atoms. The second-order valence-electron chi connectivity index (χ2n) is 6.80. The van der Waals surface area contributed by atoms with Crippen molar-refractivity contribution >= 4 is 41.8 Å². The Morgan fingerprint density at radius 1 is 1.27 bits per heavy atom. The first-order valence-electron chi connectivity index (χ1n) is 8.82. The number of hydrogen-bond acceptors (Lipinski definition) is 4. The maximum atomic E-state index is 12.6. The molecule has 4 heterocycles. The van der Waals surface area contributed by atoms with Crippen LogP contribution in [0.15, 0.2) is 24.5 Å². The monoisotopic (exact) mass is 400 g/mol. The van der Waals surface area contributed by atoms with Crippen LogP contribution in [0.2, 0.25) is 0 Å². The summed E-state index contributed by atoms with van der Waals surface area (Å²) in [7, 11) is 0. The first kappa shape index (κ1) is 21.0. The van der Waals surface area contributed by atoms with Crippen LogP contribution in [0.25, 0.3) is 11.0 Å². The summed E-state index contributed by atoms with van der Waals surface area (Å²) in [4.78, 5) is 22.2.